The van der Waals surface area contributed by atoms with Gasteiger partial charge in [-0.3, -0.25) is 14.4 Å². The first-order valence-electron chi connectivity index (χ1n) is 7.93. The molecule has 2 N–H and O–H groups in total. The number of nitrogens with one attached hydrogen (secondary N) is 2. The van der Waals surface area contributed by atoms with Crippen molar-refractivity contribution in [1.29, 1.82) is 0 Å². The number of nitrogens with zero attached hydrogens (tertiary/aromatic N) is 1. The number of aromatic amines is 1. The second-order valence-electron chi connectivity index (χ2n) is 5.88. The third-order valence-corrected chi connectivity index (χ3v) is 4.11. The van der Waals surface area contributed by atoms with Crippen molar-refractivity contribution < 1.29 is 9.59 Å². The summed E-state index contributed by atoms with van der Waals surface area (Å²) in [6.45, 7) is 2.37. The van der Waals surface area contributed by atoms with Crippen molar-refractivity contribution in [2.45, 2.75) is 25.8 Å². The van der Waals surface area contributed by atoms with E-state index in [0.717, 1.165) is 12.1 Å². The molecule has 24 heavy (non-hydrogen) atoms. The molecule has 1 saturated heterocycles. The molecule has 1 aromatic heterocycles. The number of H-pyrrole nitrogens is 1. The van der Waals surface area contributed by atoms with Crippen LogP contribution in [-0.2, 0) is 4.79 Å². The van der Waals surface area contributed by atoms with E-state index in [1.807, 2.05) is 30.3 Å². The van der Waals surface area contributed by atoms with Crippen molar-refractivity contribution in [2.24, 2.45) is 0 Å². The number of hydrogen-bond donors (Lipinski definition) is 2. The maximum atomic E-state index is 12.7. The first-order chi connectivity index (χ1) is 11.6. The Bertz CT molecular complexity index is 814. The van der Waals surface area contributed by atoms with E-state index in [4.69, 9.17) is 0 Å². The maximum Gasteiger partial charge on any atom is 0.260 e. The molecule has 3 rings (SSSR count). The number of aryl methyl sites for hydroxylation is 1. The van der Waals surface area contributed by atoms with Crippen LogP contribution in [0.15, 0.2) is 47.3 Å². The molecule has 1 fully saturated rings. The number of hydrogen-bond acceptors (Lipinski definition) is 3. The van der Waals surface area contributed by atoms with Crippen LogP contribution < -0.4 is 15.8 Å². The van der Waals surface area contributed by atoms with Gasteiger partial charge in [0.2, 0.25) is 5.91 Å². The summed E-state index contributed by atoms with van der Waals surface area (Å²) in [7, 11) is 0. The number of aromatic nitrogens is 1. The highest BCUT2D eigenvalue weighted by molar-refractivity contribution is 6.02. The first kappa shape index (κ1) is 16.0. The summed E-state index contributed by atoms with van der Waals surface area (Å²) in [6.07, 6.45) is 1.35. The number of amides is 2. The van der Waals surface area contributed by atoms with Gasteiger partial charge in [-0.05, 0) is 44.0 Å². The fourth-order valence-corrected chi connectivity index (χ4v) is 2.86. The molecule has 1 aliphatic heterocycles. The van der Waals surface area contributed by atoms with Crippen LogP contribution in [0.4, 0.5) is 5.69 Å². The Labute approximate surface area is 139 Å². The van der Waals surface area contributed by atoms with Crippen LogP contribution in [0.1, 0.15) is 28.9 Å². The molecule has 0 aliphatic carbocycles. The van der Waals surface area contributed by atoms with E-state index in [0.29, 0.717) is 18.7 Å². The van der Waals surface area contributed by atoms with Gasteiger partial charge in [0.25, 0.3) is 11.5 Å². The molecule has 0 radical (unpaired) electrons. The van der Waals surface area contributed by atoms with E-state index >= 15 is 0 Å². The molecule has 0 saturated carbocycles. The quantitative estimate of drug-likeness (QED) is 0.899. The van der Waals surface area contributed by atoms with E-state index in [2.05, 4.69) is 10.3 Å². The Hall–Kier alpha value is -2.89. The summed E-state index contributed by atoms with van der Waals surface area (Å²) in [6, 6.07) is 11.9. The van der Waals surface area contributed by atoms with Crippen LogP contribution in [0, 0.1) is 6.92 Å². The Kier molecular flexibility index (Phi) is 4.46. The van der Waals surface area contributed by atoms with E-state index in [1.54, 1.807) is 17.9 Å². The molecular weight excluding hydrogens is 306 g/mol. The highest BCUT2D eigenvalue weighted by Crippen LogP contribution is 2.20. The lowest BCUT2D eigenvalue weighted by Crippen LogP contribution is -2.53. The van der Waals surface area contributed by atoms with E-state index < -0.39 is 17.5 Å². The number of benzene rings is 1. The number of pyridine rings is 1. The predicted molar refractivity (Wildman–Crippen MR) is 91.1 cm³/mol. The Balaban J connectivity index is 1.76. The Morgan fingerprint density at radius 2 is 1.92 bits per heavy atom. The molecule has 124 valence electrons. The van der Waals surface area contributed by atoms with Crippen molar-refractivity contribution in [3.05, 3.63) is 64.1 Å². The second-order valence-corrected chi connectivity index (χ2v) is 5.88. The second kappa shape index (κ2) is 6.70. The van der Waals surface area contributed by atoms with Gasteiger partial charge in [-0.15, -0.1) is 0 Å². The highest BCUT2D eigenvalue weighted by atomic mass is 16.2. The fourth-order valence-electron chi connectivity index (χ4n) is 2.86. The normalized spacial score (nSPS) is 17.6. The number of piperidine rings is 1. The van der Waals surface area contributed by atoms with Crippen molar-refractivity contribution in [1.82, 2.24) is 10.3 Å². The van der Waals surface area contributed by atoms with Gasteiger partial charge in [0, 0.05) is 17.9 Å². The summed E-state index contributed by atoms with van der Waals surface area (Å²) >= 11 is 0. The molecule has 0 bridgehead atoms. The molecular formula is C18H19N3O3. The predicted octanol–water partition coefficient (Wildman–Crippen LogP) is 1.61. The van der Waals surface area contributed by atoms with Gasteiger partial charge in [0.05, 0.1) is 0 Å². The summed E-state index contributed by atoms with van der Waals surface area (Å²) in [4.78, 5) is 41.1. The summed E-state index contributed by atoms with van der Waals surface area (Å²) in [5.41, 5.74) is 1.07. The van der Waals surface area contributed by atoms with Gasteiger partial charge in [0.1, 0.15) is 11.6 Å². The average Bonchev–Trinajstić information content (AvgIpc) is 2.57. The smallest absolute Gasteiger partial charge is 0.260 e. The number of para-hydroxylation sites is 1. The van der Waals surface area contributed by atoms with Gasteiger partial charge in [-0.2, -0.15) is 0 Å². The summed E-state index contributed by atoms with van der Waals surface area (Å²) < 4.78 is 0. The van der Waals surface area contributed by atoms with Gasteiger partial charge < -0.3 is 15.2 Å². The number of rotatable bonds is 3. The molecule has 2 aromatic rings. The van der Waals surface area contributed by atoms with Gasteiger partial charge >= 0.3 is 0 Å². The van der Waals surface area contributed by atoms with Gasteiger partial charge in [-0.1, -0.05) is 18.2 Å². The van der Waals surface area contributed by atoms with E-state index in [-0.39, 0.29) is 11.5 Å². The monoisotopic (exact) mass is 325 g/mol. The number of carbonyl (C=O) groups excluding carboxylic acids is 2. The van der Waals surface area contributed by atoms with Crippen molar-refractivity contribution in [3.8, 4) is 0 Å². The summed E-state index contributed by atoms with van der Waals surface area (Å²) in [5.74, 6) is -0.672. The lowest BCUT2D eigenvalue weighted by molar-refractivity contribution is -0.121. The largest absolute Gasteiger partial charge is 0.340 e. The zero-order valence-corrected chi connectivity index (χ0v) is 13.4. The molecule has 0 unspecified atom stereocenters. The van der Waals surface area contributed by atoms with E-state index in [1.165, 1.54) is 6.07 Å². The molecule has 1 atom stereocenters. The van der Waals surface area contributed by atoms with Crippen LogP contribution in [0.25, 0.3) is 0 Å². The van der Waals surface area contributed by atoms with Crippen LogP contribution in [-0.4, -0.2) is 29.4 Å². The lowest BCUT2D eigenvalue weighted by Gasteiger charge is -2.32. The highest BCUT2D eigenvalue weighted by Gasteiger charge is 2.31. The van der Waals surface area contributed by atoms with Crippen molar-refractivity contribution in [3.63, 3.8) is 0 Å². The van der Waals surface area contributed by atoms with Crippen LogP contribution in [0.3, 0.4) is 0 Å². The summed E-state index contributed by atoms with van der Waals surface area (Å²) in [5, 5.41) is 2.69. The molecule has 6 nitrogen and oxygen atoms in total. The zero-order chi connectivity index (χ0) is 17.1. The zero-order valence-electron chi connectivity index (χ0n) is 13.4. The van der Waals surface area contributed by atoms with Crippen LogP contribution in [0.2, 0.25) is 0 Å². The van der Waals surface area contributed by atoms with Gasteiger partial charge in [-0.25, -0.2) is 0 Å². The molecule has 1 aliphatic rings. The molecule has 6 heteroatoms. The third kappa shape index (κ3) is 3.22. The minimum atomic E-state index is -0.618. The standard InChI is InChI=1S/C18H19N3O3/c1-12-9-10-14(16(22)19-12)17(23)20-15-8-5-11-21(18(15)24)13-6-3-2-4-7-13/h2-4,6-7,9-10,15H,5,8,11H2,1H3,(H,19,22)(H,20,23)/t15-/m1/s1. The Morgan fingerprint density at radius 1 is 1.17 bits per heavy atom. The minimum absolute atomic E-state index is 0.0187. The van der Waals surface area contributed by atoms with Crippen LogP contribution >= 0.6 is 0 Å². The SMILES string of the molecule is Cc1ccc(C(=O)N[C@@H]2CCCN(c3ccccc3)C2=O)c(=O)[nH]1. The molecule has 0 spiro atoms. The first-order valence-corrected chi connectivity index (χ1v) is 7.93. The van der Waals surface area contributed by atoms with E-state index in [9.17, 15) is 14.4 Å². The molecule has 2 heterocycles. The number of anilines is 1. The Morgan fingerprint density at radius 3 is 2.62 bits per heavy atom. The third-order valence-electron chi connectivity index (χ3n) is 4.11. The topological polar surface area (TPSA) is 82.3 Å². The molecule has 1 aromatic carbocycles. The van der Waals surface area contributed by atoms with Gasteiger partial charge in [0.15, 0.2) is 0 Å². The maximum absolute atomic E-state index is 12.7. The van der Waals surface area contributed by atoms with Crippen LogP contribution in [0.5, 0.6) is 0 Å². The van der Waals surface area contributed by atoms with Crippen molar-refractivity contribution >= 4 is 17.5 Å². The minimum Gasteiger partial charge on any atom is -0.340 e. The van der Waals surface area contributed by atoms with Crippen molar-refractivity contribution in [2.75, 3.05) is 11.4 Å². The molecule has 2 amide bonds. The number of carbonyl (C=O) groups is 2. The lowest BCUT2D eigenvalue weighted by atomic mass is 10.0. The average molecular weight is 325 g/mol. The fraction of sp³-hybridized carbons (Fsp3) is 0.278.